The molecule has 186 valence electrons. The summed E-state index contributed by atoms with van der Waals surface area (Å²) in [5.74, 6) is 1.58. The molecule has 0 radical (unpaired) electrons. The summed E-state index contributed by atoms with van der Waals surface area (Å²) in [7, 11) is 0. The molecule has 2 aliphatic rings. The zero-order chi connectivity index (χ0) is 25.6. The van der Waals surface area contributed by atoms with Gasteiger partial charge in [0.15, 0.2) is 11.6 Å². The Bertz CT molecular complexity index is 1490. The smallest absolute Gasteiger partial charge is 0.226 e. The fraction of sp³-hybridized carbons (Fsp3) is 0.233. The molecule has 1 N–H and O–H groups in total. The SMILES string of the molecule is CC1(C)CC(=O)C2=C(C1)Nc1nc(-c3ccc(F)cc3)nn1C2c1ccc(OCc2ccccc2)cc1. The molecule has 4 aromatic rings. The van der Waals surface area contributed by atoms with E-state index in [2.05, 4.69) is 19.2 Å². The summed E-state index contributed by atoms with van der Waals surface area (Å²) < 4.78 is 21.2. The minimum Gasteiger partial charge on any atom is -0.489 e. The first kappa shape index (κ1) is 23.2. The van der Waals surface area contributed by atoms with Gasteiger partial charge in [0.05, 0.1) is 0 Å². The Kier molecular flexibility index (Phi) is 5.63. The molecule has 0 fully saturated rings. The zero-order valence-corrected chi connectivity index (χ0v) is 20.7. The molecule has 1 aliphatic carbocycles. The van der Waals surface area contributed by atoms with E-state index in [-0.39, 0.29) is 17.0 Å². The van der Waals surface area contributed by atoms with E-state index in [1.54, 1.807) is 16.8 Å². The third kappa shape index (κ3) is 4.53. The number of anilines is 1. The number of rotatable bonds is 5. The summed E-state index contributed by atoms with van der Waals surface area (Å²) in [5, 5.41) is 8.16. The molecule has 0 saturated carbocycles. The largest absolute Gasteiger partial charge is 0.489 e. The van der Waals surface area contributed by atoms with E-state index in [1.165, 1.54) is 12.1 Å². The quantitative estimate of drug-likeness (QED) is 0.352. The highest BCUT2D eigenvalue weighted by Crippen LogP contribution is 2.45. The van der Waals surface area contributed by atoms with Gasteiger partial charge in [-0.2, -0.15) is 4.98 Å². The zero-order valence-electron chi connectivity index (χ0n) is 20.7. The Morgan fingerprint density at radius 2 is 1.73 bits per heavy atom. The molecule has 1 unspecified atom stereocenters. The Labute approximate surface area is 214 Å². The van der Waals surface area contributed by atoms with E-state index in [1.807, 2.05) is 54.6 Å². The van der Waals surface area contributed by atoms with Gasteiger partial charge in [-0.15, -0.1) is 5.10 Å². The van der Waals surface area contributed by atoms with Gasteiger partial charge in [0.2, 0.25) is 5.95 Å². The lowest BCUT2D eigenvalue weighted by atomic mass is 9.73. The monoisotopic (exact) mass is 494 g/mol. The van der Waals surface area contributed by atoms with Crippen molar-refractivity contribution in [2.24, 2.45) is 5.41 Å². The van der Waals surface area contributed by atoms with Crippen molar-refractivity contribution in [1.29, 1.82) is 0 Å². The van der Waals surface area contributed by atoms with Gasteiger partial charge in [0.25, 0.3) is 0 Å². The molecule has 7 heteroatoms. The fourth-order valence-corrected chi connectivity index (χ4v) is 5.13. The van der Waals surface area contributed by atoms with Gasteiger partial charge in [0, 0.05) is 23.3 Å². The Morgan fingerprint density at radius 1 is 1.00 bits per heavy atom. The minimum atomic E-state index is -0.417. The predicted molar refractivity (Wildman–Crippen MR) is 139 cm³/mol. The molecular weight excluding hydrogens is 467 g/mol. The van der Waals surface area contributed by atoms with E-state index in [0.717, 1.165) is 34.6 Å². The second-order valence-electron chi connectivity index (χ2n) is 10.4. The lowest BCUT2D eigenvalue weighted by Gasteiger charge is -2.38. The van der Waals surface area contributed by atoms with Gasteiger partial charge in [-0.05, 0) is 59.4 Å². The number of hydrogen-bond donors (Lipinski definition) is 1. The number of halogens is 1. The van der Waals surface area contributed by atoms with E-state index in [4.69, 9.17) is 14.8 Å². The molecule has 1 atom stereocenters. The van der Waals surface area contributed by atoms with Crippen LogP contribution in [0.25, 0.3) is 11.4 Å². The average Bonchev–Trinajstić information content (AvgIpc) is 3.30. The number of nitrogens with zero attached hydrogens (tertiary/aromatic N) is 3. The maximum atomic E-state index is 13.5. The predicted octanol–water partition coefficient (Wildman–Crippen LogP) is 6.32. The number of nitrogens with one attached hydrogen (secondary N) is 1. The van der Waals surface area contributed by atoms with Gasteiger partial charge in [-0.25, -0.2) is 9.07 Å². The van der Waals surface area contributed by atoms with Crippen LogP contribution in [0.5, 0.6) is 5.75 Å². The average molecular weight is 495 g/mol. The Morgan fingerprint density at radius 3 is 2.46 bits per heavy atom. The molecule has 37 heavy (non-hydrogen) atoms. The number of allylic oxidation sites excluding steroid dienone is 2. The number of ketones is 1. The summed E-state index contributed by atoms with van der Waals surface area (Å²) in [6.45, 7) is 4.69. The van der Waals surface area contributed by atoms with Crippen LogP contribution in [0.3, 0.4) is 0 Å². The first-order chi connectivity index (χ1) is 17.9. The number of carbonyl (C=O) groups excluding carboxylic acids is 1. The molecule has 0 spiro atoms. The Balaban J connectivity index is 1.37. The number of fused-ring (bicyclic) bond motifs is 1. The van der Waals surface area contributed by atoms with Crippen LogP contribution < -0.4 is 10.1 Å². The van der Waals surface area contributed by atoms with Crippen LogP contribution >= 0.6 is 0 Å². The van der Waals surface area contributed by atoms with Crippen molar-refractivity contribution in [2.75, 3.05) is 5.32 Å². The molecular formula is C30H27FN4O2. The number of ether oxygens (including phenoxy) is 1. The molecule has 6 rings (SSSR count). The standard InChI is InChI=1S/C30H27FN4O2/c1-30(2)16-24-26(25(36)17-30)27(20-10-14-23(15-11-20)37-18-19-6-4-3-5-7-19)35-29(32-24)33-28(34-35)21-8-12-22(31)13-9-21/h3-15,27H,16-18H2,1-2H3,(H,32,33,34). The van der Waals surface area contributed by atoms with Crippen molar-refractivity contribution in [1.82, 2.24) is 14.8 Å². The lowest BCUT2D eigenvalue weighted by molar-refractivity contribution is -0.118. The molecule has 3 aromatic carbocycles. The maximum Gasteiger partial charge on any atom is 0.226 e. The molecule has 1 aromatic heterocycles. The summed E-state index contributed by atoms with van der Waals surface area (Å²) in [4.78, 5) is 18.2. The molecule has 1 aliphatic heterocycles. The molecule has 0 bridgehead atoms. The van der Waals surface area contributed by atoms with Crippen molar-refractivity contribution in [3.8, 4) is 17.1 Å². The van der Waals surface area contributed by atoms with Crippen LogP contribution in [-0.4, -0.2) is 20.5 Å². The highest BCUT2D eigenvalue weighted by Gasteiger charge is 2.41. The van der Waals surface area contributed by atoms with Gasteiger partial charge in [0.1, 0.15) is 24.2 Å². The van der Waals surface area contributed by atoms with Gasteiger partial charge < -0.3 is 10.1 Å². The summed E-state index contributed by atoms with van der Waals surface area (Å²) in [6.07, 6.45) is 1.21. The number of aromatic nitrogens is 3. The van der Waals surface area contributed by atoms with E-state index >= 15 is 0 Å². The van der Waals surface area contributed by atoms with Gasteiger partial charge >= 0.3 is 0 Å². The van der Waals surface area contributed by atoms with Crippen LogP contribution in [0, 0.1) is 11.2 Å². The molecule has 6 nitrogen and oxygen atoms in total. The van der Waals surface area contributed by atoms with Crippen molar-refractivity contribution in [3.63, 3.8) is 0 Å². The van der Waals surface area contributed by atoms with Crippen LogP contribution in [0.1, 0.15) is 43.9 Å². The third-order valence-electron chi connectivity index (χ3n) is 6.88. The number of hydrogen-bond acceptors (Lipinski definition) is 5. The van der Waals surface area contributed by atoms with Crippen molar-refractivity contribution in [3.05, 3.63) is 107 Å². The number of carbonyl (C=O) groups is 1. The highest BCUT2D eigenvalue weighted by atomic mass is 19.1. The van der Waals surface area contributed by atoms with E-state index in [0.29, 0.717) is 30.4 Å². The van der Waals surface area contributed by atoms with Crippen molar-refractivity contribution in [2.45, 2.75) is 39.3 Å². The van der Waals surface area contributed by atoms with Gasteiger partial charge in [-0.3, -0.25) is 4.79 Å². The highest BCUT2D eigenvalue weighted by molar-refractivity contribution is 6.00. The number of benzene rings is 3. The van der Waals surface area contributed by atoms with E-state index in [9.17, 15) is 9.18 Å². The lowest BCUT2D eigenvalue weighted by Crippen LogP contribution is -2.36. The fourth-order valence-electron chi connectivity index (χ4n) is 5.13. The van der Waals surface area contributed by atoms with Gasteiger partial charge in [-0.1, -0.05) is 56.3 Å². The Hall–Kier alpha value is -4.26. The normalized spacial score (nSPS) is 18.1. The second-order valence-corrected chi connectivity index (χ2v) is 10.4. The van der Waals surface area contributed by atoms with Crippen LogP contribution in [0.15, 0.2) is 90.1 Å². The van der Waals surface area contributed by atoms with Crippen LogP contribution in [0.4, 0.5) is 10.3 Å². The van der Waals surface area contributed by atoms with Crippen LogP contribution in [0.2, 0.25) is 0 Å². The van der Waals surface area contributed by atoms with Crippen LogP contribution in [-0.2, 0) is 11.4 Å². The van der Waals surface area contributed by atoms with E-state index < -0.39 is 6.04 Å². The number of Topliss-reactive ketones (excluding diaryl/α,β-unsaturated/α-hetero) is 1. The topological polar surface area (TPSA) is 69.0 Å². The molecule has 0 amide bonds. The molecule has 2 heterocycles. The third-order valence-corrected chi connectivity index (χ3v) is 6.88. The van der Waals surface area contributed by atoms with Crippen molar-refractivity contribution < 1.29 is 13.9 Å². The summed E-state index contributed by atoms with van der Waals surface area (Å²) >= 11 is 0. The summed E-state index contributed by atoms with van der Waals surface area (Å²) in [6, 6.07) is 23.5. The first-order valence-corrected chi connectivity index (χ1v) is 12.4. The summed E-state index contributed by atoms with van der Waals surface area (Å²) in [5.41, 5.74) is 4.19. The second kappa shape index (κ2) is 9.00. The maximum absolute atomic E-state index is 13.5. The first-order valence-electron chi connectivity index (χ1n) is 12.4. The van der Waals surface area contributed by atoms with Crippen molar-refractivity contribution >= 4 is 11.7 Å². The minimum absolute atomic E-state index is 0.109. The molecule has 0 saturated heterocycles.